The Labute approximate surface area is 199 Å². The van der Waals surface area contributed by atoms with E-state index < -0.39 is 36.7 Å². The van der Waals surface area contributed by atoms with Crippen molar-refractivity contribution in [3.8, 4) is 22.6 Å². The van der Waals surface area contributed by atoms with E-state index in [9.17, 15) is 22.8 Å². The van der Waals surface area contributed by atoms with Crippen LogP contribution in [0.4, 0.5) is 13.2 Å². The standard InChI is InChI=1S/C26H25F3O6/c1-15(2)24(30)34-14-17(12-26(27,28)29)13-33-20-6-5-18-10-22(25(31)35-23(18)11-20)21-8-7-19(32-4)9-16(21)3/h5-11,17H,1,12-14H2,2-4H3. The number of hydrogen-bond donors (Lipinski definition) is 0. The Bertz CT molecular complexity index is 1290. The first kappa shape index (κ1) is 25.9. The number of carbonyl (C=O) groups is 1. The Balaban J connectivity index is 1.79. The van der Waals surface area contributed by atoms with Gasteiger partial charge in [-0.05, 0) is 55.3 Å². The van der Waals surface area contributed by atoms with Crippen LogP contribution < -0.4 is 15.1 Å². The lowest BCUT2D eigenvalue weighted by atomic mass is 10.0. The maximum absolute atomic E-state index is 12.9. The highest BCUT2D eigenvalue weighted by Crippen LogP contribution is 2.29. The largest absolute Gasteiger partial charge is 0.497 e. The summed E-state index contributed by atoms with van der Waals surface area (Å²) in [6, 6.07) is 11.7. The highest BCUT2D eigenvalue weighted by atomic mass is 19.4. The molecule has 0 aliphatic heterocycles. The maximum Gasteiger partial charge on any atom is 0.389 e. The Morgan fingerprint density at radius 3 is 2.40 bits per heavy atom. The highest BCUT2D eigenvalue weighted by Gasteiger charge is 2.33. The van der Waals surface area contributed by atoms with Gasteiger partial charge in [-0.2, -0.15) is 13.2 Å². The van der Waals surface area contributed by atoms with Gasteiger partial charge in [0.2, 0.25) is 0 Å². The van der Waals surface area contributed by atoms with E-state index in [-0.39, 0.29) is 23.5 Å². The van der Waals surface area contributed by atoms with Crippen LogP contribution in [0.25, 0.3) is 22.1 Å². The molecule has 3 rings (SSSR count). The lowest BCUT2D eigenvalue weighted by Gasteiger charge is -2.19. The van der Waals surface area contributed by atoms with Crippen LogP contribution in [0, 0.1) is 12.8 Å². The van der Waals surface area contributed by atoms with Crippen LogP contribution in [-0.2, 0) is 9.53 Å². The number of aryl methyl sites for hydroxylation is 1. The summed E-state index contributed by atoms with van der Waals surface area (Å²) in [5.74, 6) is -1.02. The lowest BCUT2D eigenvalue weighted by molar-refractivity contribution is -0.158. The van der Waals surface area contributed by atoms with E-state index in [0.29, 0.717) is 22.3 Å². The molecule has 6 nitrogen and oxygen atoms in total. The minimum Gasteiger partial charge on any atom is -0.497 e. The Hall–Kier alpha value is -3.75. The molecule has 0 aliphatic carbocycles. The third-order valence-corrected chi connectivity index (χ3v) is 5.24. The average Bonchev–Trinajstić information content (AvgIpc) is 2.79. The molecule has 0 aliphatic rings. The van der Waals surface area contributed by atoms with Gasteiger partial charge in [0.15, 0.2) is 0 Å². The van der Waals surface area contributed by atoms with E-state index in [1.165, 1.54) is 13.0 Å². The van der Waals surface area contributed by atoms with Crippen molar-refractivity contribution in [1.29, 1.82) is 0 Å². The molecule has 1 aromatic heterocycles. The summed E-state index contributed by atoms with van der Waals surface area (Å²) in [5, 5.41) is 0.615. The summed E-state index contributed by atoms with van der Waals surface area (Å²) >= 11 is 0. The lowest BCUT2D eigenvalue weighted by Crippen LogP contribution is -2.26. The summed E-state index contributed by atoms with van der Waals surface area (Å²) in [6.45, 7) is 5.83. The molecule has 0 N–H and O–H groups in total. The van der Waals surface area contributed by atoms with Gasteiger partial charge < -0.3 is 18.6 Å². The highest BCUT2D eigenvalue weighted by molar-refractivity contribution is 5.87. The molecule has 9 heteroatoms. The smallest absolute Gasteiger partial charge is 0.389 e. The molecule has 1 atom stereocenters. The summed E-state index contributed by atoms with van der Waals surface area (Å²) < 4.78 is 59.9. The second kappa shape index (κ2) is 10.7. The molecule has 0 fully saturated rings. The number of fused-ring (bicyclic) bond motifs is 1. The molecule has 0 saturated heterocycles. The van der Waals surface area contributed by atoms with Gasteiger partial charge in [-0.3, -0.25) is 0 Å². The van der Waals surface area contributed by atoms with E-state index in [0.717, 1.165) is 5.56 Å². The van der Waals surface area contributed by atoms with Gasteiger partial charge >= 0.3 is 17.8 Å². The van der Waals surface area contributed by atoms with Crippen LogP contribution >= 0.6 is 0 Å². The fourth-order valence-corrected chi connectivity index (χ4v) is 3.46. The first-order chi connectivity index (χ1) is 16.5. The van der Waals surface area contributed by atoms with E-state index in [1.807, 2.05) is 6.92 Å². The number of esters is 1. The Kier molecular flexibility index (Phi) is 7.89. The van der Waals surface area contributed by atoms with E-state index >= 15 is 0 Å². The van der Waals surface area contributed by atoms with Crippen molar-refractivity contribution in [1.82, 2.24) is 0 Å². The molecule has 0 spiro atoms. The normalized spacial score (nSPS) is 12.3. The van der Waals surface area contributed by atoms with Crippen molar-refractivity contribution in [3.05, 3.63) is 70.6 Å². The number of alkyl halides is 3. The third kappa shape index (κ3) is 6.88. The van der Waals surface area contributed by atoms with Crippen LogP contribution in [0.1, 0.15) is 18.9 Å². The van der Waals surface area contributed by atoms with Gasteiger partial charge in [0.05, 0.1) is 32.3 Å². The van der Waals surface area contributed by atoms with Gasteiger partial charge in [0, 0.05) is 22.9 Å². The van der Waals surface area contributed by atoms with Crippen molar-refractivity contribution >= 4 is 16.9 Å². The summed E-state index contributed by atoms with van der Waals surface area (Å²) in [5.41, 5.74) is 1.65. The summed E-state index contributed by atoms with van der Waals surface area (Å²) in [6.07, 6.45) is -5.65. The minimum atomic E-state index is -4.46. The number of hydrogen-bond acceptors (Lipinski definition) is 6. The van der Waals surface area contributed by atoms with Gasteiger partial charge in [-0.25, -0.2) is 9.59 Å². The van der Waals surface area contributed by atoms with E-state index in [1.54, 1.807) is 43.5 Å². The van der Waals surface area contributed by atoms with Crippen LogP contribution in [0.15, 0.2) is 63.8 Å². The Morgan fingerprint density at radius 1 is 1.06 bits per heavy atom. The van der Waals surface area contributed by atoms with Crippen molar-refractivity contribution < 1.29 is 36.6 Å². The quantitative estimate of drug-likeness (QED) is 0.213. The van der Waals surface area contributed by atoms with Gasteiger partial charge in [-0.1, -0.05) is 12.6 Å². The van der Waals surface area contributed by atoms with Crippen molar-refractivity contribution in [2.24, 2.45) is 5.92 Å². The molecular weight excluding hydrogens is 465 g/mol. The fraction of sp³-hybridized carbons (Fsp3) is 0.308. The predicted octanol–water partition coefficient (Wildman–Crippen LogP) is 5.84. The monoisotopic (exact) mass is 490 g/mol. The van der Waals surface area contributed by atoms with Crippen LogP contribution in [-0.4, -0.2) is 32.5 Å². The minimum absolute atomic E-state index is 0.0884. The zero-order valence-corrected chi connectivity index (χ0v) is 19.5. The van der Waals surface area contributed by atoms with Gasteiger partial charge in [-0.15, -0.1) is 0 Å². The summed E-state index contributed by atoms with van der Waals surface area (Å²) in [7, 11) is 1.55. The number of carbonyl (C=O) groups excluding carboxylic acids is 1. The maximum atomic E-state index is 12.9. The molecular formula is C26H25F3O6. The Morgan fingerprint density at radius 2 is 1.77 bits per heavy atom. The molecule has 0 bridgehead atoms. The van der Waals surface area contributed by atoms with Crippen molar-refractivity contribution in [3.63, 3.8) is 0 Å². The predicted molar refractivity (Wildman–Crippen MR) is 125 cm³/mol. The van der Waals surface area contributed by atoms with Gasteiger partial charge in [0.1, 0.15) is 17.1 Å². The number of rotatable bonds is 9. The van der Waals surface area contributed by atoms with Crippen LogP contribution in [0.3, 0.4) is 0 Å². The second-order valence-corrected chi connectivity index (χ2v) is 8.20. The number of ether oxygens (including phenoxy) is 3. The topological polar surface area (TPSA) is 75.0 Å². The summed E-state index contributed by atoms with van der Waals surface area (Å²) in [4.78, 5) is 24.2. The molecule has 35 heavy (non-hydrogen) atoms. The number of benzene rings is 2. The van der Waals surface area contributed by atoms with Crippen molar-refractivity contribution in [2.75, 3.05) is 20.3 Å². The van der Waals surface area contributed by atoms with Crippen LogP contribution in [0.5, 0.6) is 11.5 Å². The zero-order valence-electron chi connectivity index (χ0n) is 19.5. The second-order valence-electron chi connectivity index (χ2n) is 8.20. The average molecular weight is 490 g/mol. The first-order valence-electron chi connectivity index (χ1n) is 10.7. The molecule has 0 radical (unpaired) electrons. The first-order valence-corrected chi connectivity index (χ1v) is 10.7. The molecule has 0 amide bonds. The molecule has 1 unspecified atom stereocenters. The molecule has 0 saturated carbocycles. The number of halogens is 3. The van der Waals surface area contributed by atoms with Crippen LogP contribution in [0.2, 0.25) is 0 Å². The molecule has 1 heterocycles. The fourth-order valence-electron chi connectivity index (χ4n) is 3.46. The van der Waals surface area contributed by atoms with E-state index in [4.69, 9.17) is 18.6 Å². The van der Waals surface area contributed by atoms with Gasteiger partial charge in [0.25, 0.3) is 0 Å². The molecule has 3 aromatic rings. The zero-order chi connectivity index (χ0) is 25.8. The van der Waals surface area contributed by atoms with E-state index in [2.05, 4.69) is 6.58 Å². The van der Waals surface area contributed by atoms with Crippen molar-refractivity contribution in [2.45, 2.75) is 26.4 Å². The molecule has 2 aromatic carbocycles. The third-order valence-electron chi connectivity index (χ3n) is 5.24. The SMILES string of the molecule is C=C(C)C(=O)OCC(COc1ccc2cc(-c3ccc(OC)cc3C)c(=O)oc2c1)CC(F)(F)F. The molecule has 186 valence electrons. The number of methoxy groups -OCH3 is 1.